The van der Waals surface area contributed by atoms with Crippen molar-refractivity contribution in [1.82, 2.24) is 74.8 Å². The van der Waals surface area contributed by atoms with E-state index in [1.807, 2.05) is 140 Å². The standard InChI is InChI=1S/C25H16BrN3.C22H16BrN3.C19H14BrN3.C19H12BrN3.C17H10BrN3/c26-25-28-23(22-12-7-13-27-24(22)29-25)21-15-19(17-8-3-1-4-9-17)14-20(16-21)18-10-5-2-6-11-18;1-22(2)17-8-4-3-6-14(17)15-10-9-13(12-18(15)22)19-16-7-5-11-24-20(16)26-21(23)25-19;2*20-15-10-8-14(9-11-15)18-22-17(13-5-2-1-3-6-13)16-7-4-12-21-19(16)23-18;18-17-20-15(14-6-3-9-19-16(14)21-17)13-8-7-11-4-1-2-5-12(11)10-13/h1-16H;3-12H,1-2H3;2,4-12H,1,3H2;1-12H;1-10H/i;;1D,2D,3D,5D,6D;;. The Bertz CT molecular complexity index is 7610. The average Bonchev–Trinajstić information content (AvgIpc) is 1.59. The first-order chi connectivity index (χ1) is 61.8. The van der Waals surface area contributed by atoms with Crippen molar-refractivity contribution in [1.29, 1.82) is 0 Å². The summed E-state index contributed by atoms with van der Waals surface area (Å²) in [6.45, 7) is 4.58. The van der Waals surface area contributed by atoms with Crippen molar-refractivity contribution < 1.29 is 6.85 Å². The molecule has 0 spiro atoms. The van der Waals surface area contributed by atoms with E-state index in [-0.39, 0.29) is 29.1 Å². The van der Waals surface area contributed by atoms with Crippen LogP contribution in [0.1, 0.15) is 50.3 Å². The van der Waals surface area contributed by atoms with Crippen LogP contribution in [0.25, 0.3) is 173 Å². The molecule has 10 heterocycles. The molecule has 586 valence electrons. The van der Waals surface area contributed by atoms with Crippen LogP contribution in [0.15, 0.2) is 376 Å². The van der Waals surface area contributed by atoms with Gasteiger partial charge in [-0.1, -0.05) is 252 Å². The third-order valence-electron chi connectivity index (χ3n) is 20.7. The zero-order chi connectivity index (χ0) is 87.4. The molecule has 20 heteroatoms. The molecule has 2 aliphatic rings. The van der Waals surface area contributed by atoms with Crippen LogP contribution in [0.2, 0.25) is 0 Å². The van der Waals surface area contributed by atoms with Crippen LogP contribution in [0.4, 0.5) is 0 Å². The minimum absolute atomic E-state index is 0.0275. The normalized spacial score (nSPS) is 14.3. The molecule has 22 rings (SSSR count). The van der Waals surface area contributed by atoms with E-state index in [1.165, 1.54) is 44.2 Å². The second-order valence-corrected chi connectivity index (χ2v) is 32.7. The fraction of sp³-hybridized carbons (Fsp3) is 0.0490. The highest BCUT2D eigenvalue weighted by molar-refractivity contribution is 9.11. The molecule has 0 saturated heterocycles. The smallest absolute Gasteiger partial charge is 0.199 e. The van der Waals surface area contributed by atoms with Crippen LogP contribution in [-0.2, 0) is 5.41 Å². The molecule has 0 bridgehead atoms. The number of rotatable bonds is 9. The van der Waals surface area contributed by atoms with E-state index in [1.54, 1.807) is 43.1 Å². The molecule has 20 aromatic rings. The topological polar surface area (TPSA) is 193 Å². The van der Waals surface area contributed by atoms with Crippen molar-refractivity contribution in [3.05, 3.63) is 392 Å². The van der Waals surface area contributed by atoms with Gasteiger partial charge in [0.2, 0.25) is 0 Å². The number of nitrogens with zero attached hydrogens (tertiary/aromatic N) is 15. The first-order valence-corrected chi connectivity index (χ1v) is 42.7. The molecule has 15 nitrogen and oxygen atoms in total. The van der Waals surface area contributed by atoms with E-state index in [4.69, 9.17) is 16.8 Å². The predicted octanol–water partition coefficient (Wildman–Crippen LogP) is 27.5. The fourth-order valence-corrected chi connectivity index (χ4v) is 16.4. The first-order valence-electron chi connectivity index (χ1n) is 41.4. The maximum atomic E-state index is 8.35. The molecule has 10 aromatic carbocycles. The number of hydrogen-bond donors (Lipinski definition) is 0. The summed E-state index contributed by atoms with van der Waals surface area (Å²) in [6, 6.07) is 101. The summed E-state index contributed by atoms with van der Waals surface area (Å²) in [5, 5.41) is 6.76. The largest absolute Gasteiger partial charge is 0.236 e. The lowest BCUT2D eigenvalue weighted by molar-refractivity contribution is 0.660. The minimum Gasteiger partial charge on any atom is -0.236 e. The van der Waals surface area contributed by atoms with Gasteiger partial charge in [-0.3, -0.25) is 0 Å². The first kappa shape index (κ1) is 73.9. The van der Waals surface area contributed by atoms with Gasteiger partial charge in [-0.25, -0.2) is 74.8 Å². The molecule has 2 atom stereocenters. The summed E-state index contributed by atoms with van der Waals surface area (Å²) in [5.41, 5.74) is 23.0. The molecule has 0 amide bonds. The highest BCUT2D eigenvalue weighted by Gasteiger charge is 2.35. The lowest BCUT2D eigenvalue weighted by Crippen LogP contribution is -2.14. The average molecular weight is 1910 g/mol. The summed E-state index contributed by atoms with van der Waals surface area (Å²) >= 11 is 17.1. The van der Waals surface area contributed by atoms with E-state index < -0.39 is 12.8 Å². The van der Waals surface area contributed by atoms with Gasteiger partial charge >= 0.3 is 0 Å². The van der Waals surface area contributed by atoms with Crippen molar-refractivity contribution in [3.63, 3.8) is 0 Å². The number of halogens is 5. The number of benzene rings is 10. The molecule has 2 unspecified atom stereocenters. The van der Waals surface area contributed by atoms with E-state index in [2.05, 4.69) is 310 Å². The molecular weight excluding hydrogens is 1830 g/mol. The molecule has 0 radical (unpaired) electrons. The minimum atomic E-state index is -1.25. The van der Waals surface area contributed by atoms with E-state index in [0.717, 1.165) is 97.8 Å². The van der Waals surface area contributed by atoms with Gasteiger partial charge in [0.05, 0.1) is 32.6 Å². The third-order valence-corrected chi connectivity index (χ3v) is 22.8. The Morgan fingerprint density at radius 2 is 0.656 bits per heavy atom. The van der Waals surface area contributed by atoms with Crippen molar-refractivity contribution in [3.8, 4) is 101 Å². The Kier molecular flexibility index (Phi) is 21.8. The third kappa shape index (κ3) is 17.4. The van der Waals surface area contributed by atoms with Crippen molar-refractivity contribution in [2.24, 2.45) is 0 Å². The Balaban J connectivity index is 0.000000108. The number of allylic oxidation sites excluding steroid dienone is 4. The van der Waals surface area contributed by atoms with Gasteiger partial charge in [0.15, 0.2) is 54.1 Å². The number of fused-ring (bicyclic) bond motifs is 9. The highest BCUT2D eigenvalue weighted by Crippen LogP contribution is 2.50. The second-order valence-electron chi connectivity index (χ2n) is 28.7. The Morgan fingerprint density at radius 1 is 0.279 bits per heavy atom. The monoisotopic (exact) mass is 1900 g/mol. The zero-order valence-electron chi connectivity index (χ0n) is 70.0. The summed E-state index contributed by atoms with van der Waals surface area (Å²) in [5.74, 6) is 1.06. The fourth-order valence-electron chi connectivity index (χ4n) is 14.8. The van der Waals surface area contributed by atoms with Gasteiger partial charge in [0.1, 0.15) is 0 Å². The van der Waals surface area contributed by atoms with E-state index in [9.17, 15) is 0 Å². The van der Waals surface area contributed by atoms with Crippen LogP contribution in [0, 0.1) is 0 Å². The van der Waals surface area contributed by atoms with Crippen molar-refractivity contribution >= 4 is 151 Å². The van der Waals surface area contributed by atoms with Crippen molar-refractivity contribution in [2.75, 3.05) is 0 Å². The summed E-state index contributed by atoms with van der Waals surface area (Å²) in [4.78, 5) is 67.4. The van der Waals surface area contributed by atoms with Crippen molar-refractivity contribution in [2.45, 2.75) is 32.1 Å². The van der Waals surface area contributed by atoms with Gasteiger partial charge in [0.25, 0.3) is 0 Å². The van der Waals surface area contributed by atoms with Crippen LogP contribution in [0.5, 0.6) is 0 Å². The Labute approximate surface area is 752 Å². The van der Waals surface area contributed by atoms with Gasteiger partial charge in [-0.15, -0.1) is 0 Å². The van der Waals surface area contributed by atoms with Gasteiger partial charge in [-0.05, 0) is 237 Å². The predicted molar refractivity (Wildman–Crippen MR) is 510 cm³/mol. The summed E-state index contributed by atoms with van der Waals surface area (Å²) < 4.78 is 44.3. The molecule has 0 N–H and O–H groups in total. The lowest BCUT2D eigenvalue weighted by atomic mass is 9.82. The number of hydrogen-bond acceptors (Lipinski definition) is 15. The molecule has 2 aliphatic carbocycles. The van der Waals surface area contributed by atoms with Crippen LogP contribution < -0.4 is 0 Å². The SMILES string of the molecule is Brc1ccc(-c2nc(-c3ccccc3)c3cccnc3n2)cc1.Brc1nc(-c2cc(-c3ccccc3)cc(-c3ccccc3)c2)c2cccnc2n1.Brc1nc(-c2ccc3ccccc3c2)c2cccnc2n1.CC1(C)c2ccccc2-c2ccc(-c3nc(Br)nc4ncccc34)cc21.[2H]C1=C([2H])C([2H])C([2H])C([2H])=C1c1nc(-c2ccc(Br)cc2)nc2ncccc12. The molecule has 0 aliphatic heterocycles. The highest BCUT2D eigenvalue weighted by atomic mass is 79.9. The maximum Gasteiger partial charge on any atom is 0.199 e. The van der Waals surface area contributed by atoms with Gasteiger partial charge < -0.3 is 0 Å². The Hall–Kier alpha value is -13.2. The molecule has 0 fully saturated rings. The lowest BCUT2D eigenvalue weighted by Gasteiger charge is -2.22. The van der Waals surface area contributed by atoms with Crippen LogP contribution in [-0.4, -0.2) is 74.8 Å². The van der Waals surface area contributed by atoms with Gasteiger partial charge in [0, 0.05) is 108 Å². The van der Waals surface area contributed by atoms with Gasteiger partial charge in [-0.2, -0.15) is 0 Å². The number of aromatic nitrogens is 15. The van der Waals surface area contributed by atoms with Crippen LogP contribution >= 0.6 is 79.6 Å². The maximum absolute atomic E-state index is 8.35. The summed E-state index contributed by atoms with van der Waals surface area (Å²) in [7, 11) is 0. The zero-order valence-corrected chi connectivity index (χ0v) is 72.9. The van der Waals surface area contributed by atoms with Crippen LogP contribution in [0.3, 0.4) is 0 Å². The van der Waals surface area contributed by atoms with E-state index in [0.29, 0.717) is 65.2 Å². The Morgan fingerprint density at radius 3 is 1.16 bits per heavy atom. The molecule has 10 aromatic heterocycles. The summed E-state index contributed by atoms with van der Waals surface area (Å²) in [6.07, 6.45) is 6.12. The quantitative estimate of drug-likeness (QED) is 0.124. The van der Waals surface area contributed by atoms with E-state index >= 15 is 0 Å². The molecule has 122 heavy (non-hydrogen) atoms. The second kappa shape index (κ2) is 36.0. The number of pyridine rings is 5. The molecular formula is C102H68Br5N15. The molecule has 0 saturated carbocycles.